The van der Waals surface area contributed by atoms with Crippen LogP contribution in [-0.4, -0.2) is 28.0 Å². The third kappa shape index (κ3) is 3.00. The average Bonchev–Trinajstić information content (AvgIpc) is 2.70. The van der Waals surface area contributed by atoms with Crippen LogP contribution >= 0.6 is 11.8 Å². The Morgan fingerprint density at radius 2 is 1.93 bits per heavy atom. The van der Waals surface area contributed by atoms with E-state index in [2.05, 4.69) is 45.3 Å². The molecule has 2 bridgehead atoms. The number of anilines is 2. The molecule has 1 aromatic heterocycles. The molecule has 2 unspecified atom stereocenters. The Morgan fingerprint density at radius 1 is 1.14 bits per heavy atom. The van der Waals surface area contributed by atoms with Crippen LogP contribution in [-0.2, 0) is 6.54 Å². The molecule has 2 saturated carbocycles. The second kappa shape index (κ2) is 6.98. The van der Waals surface area contributed by atoms with Crippen molar-refractivity contribution in [2.45, 2.75) is 61.9 Å². The SMILES string of the molecule is CCC1CC2(C1)C1CCCC2CN(Cc2ccc3c(c2)Nc2nccnc2S3)C1. The molecule has 0 radical (unpaired) electrons. The molecule has 0 amide bonds. The van der Waals surface area contributed by atoms with Crippen LogP contribution in [0.1, 0.15) is 51.0 Å². The first-order chi connectivity index (χ1) is 14.2. The van der Waals surface area contributed by atoms with E-state index in [0.29, 0.717) is 5.41 Å². The molecular weight excluding hydrogens is 376 g/mol. The summed E-state index contributed by atoms with van der Waals surface area (Å²) in [6.45, 7) is 6.07. The van der Waals surface area contributed by atoms with Gasteiger partial charge in [-0.25, -0.2) is 9.97 Å². The van der Waals surface area contributed by atoms with Crippen LogP contribution in [0.5, 0.6) is 0 Å². The number of nitrogens with zero attached hydrogens (tertiary/aromatic N) is 3. The molecule has 1 saturated heterocycles. The highest BCUT2D eigenvalue weighted by atomic mass is 32.2. The maximum absolute atomic E-state index is 4.44. The normalized spacial score (nSPS) is 32.8. The smallest absolute Gasteiger partial charge is 0.163 e. The Morgan fingerprint density at radius 3 is 2.72 bits per heavy atom. The third-order valence-corrected chi connectivity index (χ3v) is 9.25. The lowest BCUT2D eigenvalue weighted by molar-refractivity contribution is -0.141. The fraction of sp³-hybridized carbons (Fsp3) is 0.583. The topological polar surface area (TPSA) is 41.0 Å². The van der Waals surface area contributed by atoms with E-state index in [1.54, 1.807) is 24.2 Å². The Balaban J connectivity index is 1.18. The number of aromatic nitrogens is 2. The summed E-state index contributed by atoms with van der Waals surface area (Å²) in [5, 5.41) is 4.45. The number of fused-ring (bicyclic) bond motifs is 2. The lowest BCUT2D eigenvalue weighted by atomic mass is 9.45. The Labute approximate surface area is 177 Å². The molecule has 2 atom stereocenters. The van der Waals surface area contributed by atoms with Gasteiger partial charge in [0, 0.05) is 36.9 Å². The van der Waals surface area contributed by atoms with Crippen molar-refractivity contribution in [2.75, 3.05) is 18.4 Å². The fourth-order valence-corrected chi connectivity index (χ4v) is 7.58. The van der Waals surface area contributed by atoms with Gasteiger partial charge in [0.25, 0.3) is 0 Å². The zero-order chi connectivity index (χ0) is 19.4. The summed E-state index contributed by atoms with van der Waals surface area (Å²) >= 11 is 1.71. The van der Waals surface area contributed by atoms with Gasteiger partial charge in [0.05, 0.1) is 5.69 Å². The van der Waals surface area contributed by atoms with Crippen molar-refractivity contribution < 1.29 is 0 Å². The first-order valence-corrected chi connectivity index (χ1v) is 12.2. The van der Waals surface area contributed by atoms with E-state index >= 15 is 0 Å². The molecule has 6 rings (SSSR count). The van der Waals surface area contributed by atoms with Crippen LogP contribution < -0.4 is 5.32 Å². The number of piperidine rings is 1. The van der Waals surface area contributed by atoms with Gasteiger partial charge in [-0.15, -0.1) is 0 Å². The van der Waals surface area contributed by atoms with Crippen LogP contribution in [0.2, 0.25) is 0 Å². The van der Waals surface area contributed by atoms with Crippen LogP contribution in [0, 0.1) is 23.2 Å². The minimum Gasteiger partial charge on any atom is -0.337 e. The predicted molar refractivity (Wildman–Crippen MR) is 117 cm³/mol. The largest absolute Gasteiger partial charge is 0.337 e. The van der Waals surface area contributed by atoms with Crippen LogP contribution in [0.4, 0.5) is 11.5 Å². The molecular formula is C24H30N4S. The van der Waals surface area contributed by atoms with Crippen molar-refractivity contribution in [2.24, 2.45) is 23.2 Å². The van der Waals surface area contributed by atoms with Gasteiger partial charge < -0.3 is 5.32 Å². The summed E-state index contributed by atoms with van der Waals surface area (Å²) in [5.41, 5.74) is 3.31. The van der Waals surface area contributed by atoms with Crippen LogP contribution in [0.3, 0.4) is 0 Å². The summed E-state index contributed by atoms with van der Waals surface area (Å²) < 4.78 is 0. The molecule has 5 heteroatoms. The van der Waals surface area contributed by atoms with Gasteiger partial charge in [-0.05, 0) is 66.5 Å². The molecule has 1 spiro atoms. The molecule has 2 aliphatic carbocycles. The zero-order valence-electron chi connectivity index (χ0n) is 17.2. The summed E-state index contributed by atoms with van der Waals surface area (Å²) in [6.07, 6.45) is 12.3. The quantitative estimate of drug-likeness (QED) is 0.602. The number of rotatable bonds is 3. The molecule has 152 valence electrons. The molecule has 3 fully saturated rings. The third-order valence-electron chi connectivity index (χ3n) is 8.18. The maximum atomic E-state index is 4.44. The van der Waals surface area contributed by atoms with Gasteiger partial charge in [0.1, 0.15) is 5.03 Å². The van der Waals surface area contributed by atoms with E-state index in [1.165, 1.54) is 67.8 Å². The number of benzene rings is 1. The monoisotopic (exact) mass is 406 g/mol. The van der Waals surface area contributed by atoms with Gasteiger partial charge in [0.15, 0.2) is 5.82 Å². The Hall–Kier alpha value is -1.59. The van der Waals surface area contributed by atoms with Crippen molar-refractivity contribution >= 4 is 23.3 Å². The van der Waals surface area contributed by atoms with Crippen molar-refractivity contribution in [1.82, 2.24) is 14.9 Å². The van der Waals surface area contributed by atoms with Crippen LogP contribution in [0.25, 0.3) is 0 Å². The van der Waals surface area contributed by atoms with Crippen molar-refractivity contribution in [1.29, 1.82) is 0 Å². The van der Waals surface area contributed by atoms with E-state index in [9.17, 15) is 0 Å². The zero-order valence-corrected chi connectivity index (χ0v) is 18.0. The first kappa shape index (κ1) is 18.2. The summed E-state index contributed by atoms with van der Waals surface area (Å²) in [5.74, 6) is 3.77. The minimum atomic E-state index is 0.714. The van der Waals surface area contributed by atoms with E-state index in [0.717, 1.165) is 35.1 Å². The van der Waals surface area contributed by atoms with E-state index in [4.69, 9.17) is 0 Å². The van der Waals surface area contributed by atoms with Crippen molar-refractivity contribution in [3.05, 3.63) is 36.2 Å². The lowest BCUT2D eigenvalue weighted by Crippen LogP contribution is -2.60. The average molecular weight is 407 g/mol. The first-order valence-electron chi connectivity index (χ1n) is 11.3. The summed E-state index contributed by atoms with van der Waals surface area (Å²) in [4.78, 5) is 12.9. The number of hydrogen-bond acceptors (Lipinski definition) is 5. The summed E-state index contributed by atoms with van der Waals surface area (Å²) in [7, 11) is 0. The van der Waals surface area contributed by atoms with Gasteiger partial charge >= 0.3 is 0 Å². The number of likely N-dealkylation sites (tertiary alicyclic amines) is 1. The van der Waals surface area contributed by atoms with Gasteiger partial charge in [0.2, 0.25) is 0 Å². The molecule has 1 N–H and O–H groups in total. The van der Waals surface area contributed by atoms with Gasteiger partial charge in [-0.3, -0.25) is 4.90 Å². The molecule has 2 aromatic rings. The molecule has 1 aromatic carbocycles. The molecule has 2 aliphatic heterocycles. The maximum Gasteiger partial charge on any atom is 0.163 e. The predicted octanol–water partition coefficient (Wildman–Crippen LogP) is 5.72. The standard InChI is InChI=1S/C24H30N4S/c1-2-16-11-24(12-16)18-4-3-5-19(24)15-28(14-18)13-17-6-7-21-20(10-17)27-22-23(29-21)26-9-8-25-22/h6-10,16,18-19H,2-5,11-15H2,1H3,(H,25,27). The number of hydrogen-bond donors (Lipinski definition) is 1. The van der Waals surface area contributed by atoms with Crippen molar-refractivity contribution in [3.8, 4) is 0 Å². The van der Waals surface area contributed by atoms with Crippen molar-refractivity contribution in [3.63, 3.8) is 0 Å². The highest BCUT2D eigenvalue weighted by molar-refractivity contribution is 7.99. The van der Waals surface area contributed by atoms with Gasteiger partial charge in [-0.2, -0.15) is 0 Å². The molecule has 4 nitrogen and oxygen atoms in total. The lowest BCUT2D eigenvalue weighted by Gasteiger charge is -2.63. The molecule has 4 aliphatic rings. The number of nitrogens with one attached hydrogen (secondary N) is 1. The minimum absolute atomic E-state index is 0.714. The van der Waals surface area contributed by atoms with Gasteiger partial charge in [-0.1, -0.05) is 37.6 Å². The second-order valence-corrected chi connectivity index (χ2v) is 10.7. The fourth-order valence-electron chi connectivity index (χ4n) is 6.70. The molecule has 29 heavy (non-hydrogen) atoms. The van der Waals surface area contributed by atoms with Crippen LogP contribution in [0.15, 0.2) is 40.5 Å². The Kier molecular flexibility index (Phi) is 4.38. The molecule has 3 heterocycles. The second-order valence-electron chi connectivity index (χ2n) is 9.70. The Bertz CT molecular complexity index is 907. The van der Waals surface area contributed by atoms with E-state index in [-0.39, 0.29) is 0 Å². The summed E-state index contributed by atoms with van der Waals surface area (Å²) in [6, 6.07) is 6.89. The highest BCUT2D eigenvalue weighted by Gasteiger charge is 2.57. The van der Waals surface area contributed by atoms with E-state index in [1.807, 2.05) is 0 Å². The van der Waals surface area contributed by atoms with E-state index < -0.39 is 0 Å². The highest BCUT2D eigenvalue weighted by Crippen LogP contribution is 2.63.